The molecule has 1 saturated heterocycles. The van der Waals surface area contributed by atoms with Crippen molar-refractivity contribution in [3.63, 3.8) is 0 Å². The normalized spacial score (nSPS) is 24.5. The predicted octanol–water partition coefficient (Wildman–Crippen LogP) is 0.600. The zero-order chi connectivity index (χ0) is 17.3. The van der Waals surface area contributed by atoms with Gasteiger partial charge in [-0.05, 0) is 25.7 Å². The number of amides is 1. The van der Waals surface area contributed by atoms with Crippen LogP contribution in [-0.2, 0) is 6.42 Å². The number of hydrogen-bond donors (Lipinski definition) is 3. The summed E-state index contributed by atoms with van der Waals surface area (Å²) in [7, 11) is 0. The summed E-state index contributed by atoms with van der Waals surface area (Å²) in [5, 5.41) is 22.7. The number of anilines is 1. The third-order valence-corrected chi connectivity index (χ3v) is 4.91. The average molecular weight is 334 g/mol. The number of carbonyl (C=O) groups is 1. The van der Waals surface area contributed by atoms with Gasteiger partial charge >= 0.3 is 0 Å². The van der Waals surface area contributed by atoms with Gasteiger partial charge in [-0.25, -0.2) is 9.97 Å². The third-order valence-electron chi connectivity index (χ3n) is 4.91. The molecule has 7 nitrogen and oxygen atoms in total. The standard InChI is InChI=1S/C17H26N4O3/c1-11(2)14-19-13-12(4-7-18-16(13)23)15(20-14)21-8-3-5-17(24,10-22)6-9-21/h11,22,24H,3-10H2,1-2H3,(H,18,23). The number of aromatic nitrogens is 2. The molecule has 0 aliphatic carbocycles. The number of nitrogens with one attached hydrogen (secondary N) is 1. The van der Waals surface area contributed by atoms with Crippen LogP contribution >= 0.6 is 0 Å². The molecule has 2 aliphatic heterocycles. The highest BCUT2D eigenvalue weighted by Gasteiger charge is 2.32. The number of carbonyl (C=O) groups excluding carboxylic acids is 1. The van der Waals surface area contributed by atoms with E-state index in [1.54, 1.807) is 0 Å². The molecule has 1 amide bonds. The van der Waals surface area contributed by atoms with Crippen LogP contribution in [0.2, 0.25) is 0 Å². The summed E-state index contributed by atoms with van der Waals surface area (Å²) in [6, 6.07) is 0. The first-order valence-corrected chi connectivity index (χ1v) is 8.71. The van der Waals surface area contributed by atoms with Crippen LogP contribution in [-0.4, -0.2) is 57.9 Å². The maximum Gasteiger partial charge on any atom is 0.270 e. The van der Waals surface area contributed by atoms with Crippen LogP contribution in [0.5, 0.6) is 0 Å². The van der Waals surface area contributed by atoms with Crippen molar-refractivity contribution in [1.29, 1.82) is 0 Å². The van der Waals surface area contributed by atoms with E-state index in [2.05, 4.69) is 15.2 Å². The van der Waals surface area contributed by atoms with E-state index in [1.807, 2.05) is 13.8 Å². The molecule has 2 aliphatic rings. The summed E-state index contributed by atoms with van der Waals surface area (Å²) in [6.45, 7) is 5.77. The van der Waals surface area contributed by atoms with Crippen LogP contribution in [0.4, 0.5) is 5.82 Å². The second-order valence-electron chi connectivity index (χ2n) is 7.12. The number of hydrogen-bond acceptors (Lipinski definition) is 6. The smallest absolute Gasteiger partial charge is 0.270 e. The Bertz CT molecular complexity index is 635. The van der Waals surface area contributed by atoms with Gasteiger partial charge in [0.25, 0.3) is 5.91 Å². The third kappa shape index (κ3) is 3.23. The van der Waals surface area contributed by atoms with Crippen molar-refractivity contribution < 1.29 is 15.0 Å². The fraction of sp³-hybridized carbons (Fsp3) is 0.706. The average Bonchev–Trinajstić information content (AvgIpc) is 2.77. The maximum atomic E-state index is 12.2. The summed E-state index contributed by atoms with van der Waals surface area (Å²) in [5.74, 6) is 1.48. The Morgan fingerprint density at radius 2 is 2.08 bits per heavy atom. The van der Waals surface area contributed by atoms with Crippen molar-refractivity contribution in [2.24, 2.45) is 0 Å². The summed E-state index contributed by atoms with van der Waals surface area (Å²) in [4.78, 5) is 23.6. The van der Waals surface area contributed by atoms with Crippen LogP contribution in [0, 0.1) is 0 Å². The quantitative estimate of drug-likeness (QED) is 0.749. The first-order chi connectivity index (χ1) is 11.4. The van der Waals surface area contributed by atoms with E-state index < -0.39 is 5.60 Å². The molecule has 0 radical (unpaired) electrons. The lowest BCUT2D eigenvalue weighted by Gasteiger charge is -2.29. The highest BCUT2D eigenvalue weighted by Crippen LogP contribution is 2.30. The predicted molar refractivity (Wildman–Crippen MR) is 90.3 cm³/mol. The molecule has 3 N–H and O–H groups in total. The monoisotopic (exact) mass is 334 g/mol. The fourth-order valence-corrected chi connectivity index (χ4v) is 3.36. The maximum absolute atomic E-state index is 12.2. The molecule has 1 fully saturated rings. The lowest BCUT2D eigenvalue weighted by atomic mass is 9.96. The molecule has 24 heavy (non-hydrogen) atoms. The van der Waals surface area contributed by atoms with Crippen molar-refractivity contribution in [3.8, 4) is 0 Å². The van der Waals surface area contributed by atoms with Gasteiger partial charge in [0.2, 0.25) is 0 Å². The number of rotatable bonds is 3. The molecule has 0 spiro atoms. The van der Waals surface area contributed by atoms with Gasteiger partial charge in [-0.15, -0.1) is 0 Å². The van der Waals surface area contributed by atoms with Crippen molar-refractivity contribution in [1.82, 2.24) is 15.3 Å². The van der Waals surface area contributed by atoms with Gasteiger partial charge in [0, 0.05) is 31.1 Å². The number of fused-ring (bicyclic) bond motifs is 1. The molecule has 1 aromatic rings. The van der Waals surface area contributed by atoms with E-state index in [1.165, 1.54) is 0 Å². The lowest BCUT2D eigenvalue weighted by molar-refractivity contribution is -0.0232. The molecule has 1 aromatic heterocycles. The number of aliphatic hydroxyl groups excluding tert-OH is 1. The Kier molecular flexibility index (Phi) is 4.73. The lowest BCUT2D eigenvalue weighted by Crippen LogP contribution is -2.37. The highest BCUT2D eigenvalue weighted by molar-refractivity contribution is 5.96. The van der Waals surface area contributed by atoms with Gasteiger partial charge in [-0.2, -0.15) is 0 Å². The van der Waals surface area contributed by atoms with Crippen LogP contribution < -0.4 is 10.2 Å². The first-order valence-electron chi connectivity index (χ1n) is 8.71. The van der Waals surface area contributed by atoms with Crippen molar-refractivity contribution in [2.45, 2.75) is 51.0 Å². The van der Waals surface area contributed by atoms with Gasteiger partial charge in [-0.1, -0.05) is 13.8 Å². The Labute approximate surface area is 142 Å². The Hall–Kier alpha value is -1.73. The Morgan fingerprint density at radius 3 is 2.79 bits per heavy atom. The highest BCUT2D eigenvalue weighted by atomic mass is 16.3. The molecule has 1 atom stereocenters. The van der Waals surface area contributed by atoms with E-state index in [0.717, 1.165) is 30.8 Å². The molecule has 0 bridgehead atoms. The van der Waals surface area contributed by atoms with E-state index in [-0.39, 0.29) is 18.4 Å². The van der Waals surface area contributed by atoms with Crippen LogP contribution in [0.15, 0.2) is 0 Å². The molecule has 1 unspecified atom stereocenters. The van der Waals surface area contributed by atoms with Crippen LogP contribution in [0.25, 0.3) is 0 Å². The molecular weight excluding hydrogens is 308 g/mol. The second-order valence-corrected chi connectivity index (χ2v) is 7.12. The van der Waals surface area contributed by atoms with E-state index in [9.17, 15) is 15.0 Å². The van der Waals surface area contributed by atoms with E-state index in [0.29, 0.717) is 37.4 Å². The van der Waals surface area contributed by atoms with E-state index >= 15 is 0 Å². The van der Waals surface area contributed by atoms with Crippen molar-refractivity contribution >= 4 is 11.7 Å². The summed E-state index contributed by atoms with van der Waals surface area (Å²) in [5.41, 5.74) is 0.370. The SMILES string of the molecule is CC(C)c1nc2c(c(N3CCCC(O)(CO)CC3)n1)CCNC2=O. The first kappa shape index (κ1) is 17.1. The fourth-order valence-electron chi connectivity index (χ4n) is 3.36. The molecule has 132 valence electrons. The zero-order valence-electron chi connectivity index (χ0n) is 14.4. The molecule has 7 heteroatoms. The van der Waals surface area contributed by atoms with Crippen LogP contribution in [0.1, 0.15) is 60.9 Å². The molecule has 3 rings (SSSR count). The number of aliphatic hydroxyl groups is 2. The Morgan fingerprint density at radius 1 is 1.29 bits per heavy atom. The van der Waals surface area contributed by atoms with Gasteiger partial charge in [0.05, 0.1) is 12.2 Å². The minimum atomic E-state index is -1.01. The number of nitrogens with zero attached hydrogens (tertiary/aromatic N) is 3. The molecule has 0 saturated carbocycles. The van der Waals surface area contributed by atoms with Crippen molar-refractivity contribution in [2.75, 3.05) is 31.1 Å². The zero-order valence-corrected chi connectivity index (χ0v) is 14.4. The summed E-state index contributed by atoms with van der Waals surface area (Å²) >= 11 is 0. The minimum absolute atomic E-state index is 0.130. The van der Waals surface area contributed by atoms with Crippen molar-refractivity contribution in [3.05, 3.63) is 17.1 Å². The van der Waals surface area contributed by atoms with Gasteiger partial charge in [-0.3, -0.25) is 4.79 Å². The Balaban J connectivity index is 1.99. The largest absolute Gasteiger partial charge is 0.393 e. The molecule has 3 heterocycles. The van der Waals surface area contributed by atoms with Gasteiger partial charge < -0.3 is 20.4 Å². The van der Waals surface area contributed by atoms with Gasteiger partial charge in [0.15, 0.2) is 0 Å². The molecular formula is C17H26N4O3. The molecule has 0 aromatic carbocycles. The summed E-state index contributed by atoms with van der Waals surface area (Å²) in [6.07, 6.45) is 2.56. The summed E-state index contributed by atoms with van der Waals surface area (Å²) < 4.78 is 0. The van der Waals surface area contributed by atoms with E-state index in [4.69, 9.17) is 4.98 Å². The minimum Gasteiger partial charge on any atom is -0.393 e. The topological polar surface area (TPSA) is 98.6 Å². The van der Waals surface area contributed by atoms with Gasteiger partial charge in [0.1, 0.15) is 17.3 Å². The van der Waals surface area contributed by atoms with Crippen LogP contribution in [0.3, 0.4) is 0 Å². The second kappa shape index (κ2) is 6.64.